The second-order valence-electron chi connectivity index (χ2n) is 2.42. The summed E-state index contributed by atoms with van der Waals surface area (Å²) < 4.78 is 0. The van der Waals surface area contributed by atoms with Gasteiger partial charge in [0.1, 0.15) is 0 Å². The van der Waals surface area contributed by atoms with E-state index in [0.29, 0.717) is 0 Å². The van der Waals surface area contributed by atoms with Gasteiger partial charge >= 0.3 is 12.0 Å². The Bertz CT molecular complexity index is 180. The van der Waals surface area contributed by atoms with Gasteiger partial charge in [0.15, 0.2) is 0 Å². The Morgan fingerprint density at radius 2 is 2.00 bits per heavy atom. The summed E-state index contributed by atoms with van der Waals surface area (Å²) in [7, 11) is 0. The predicted molar refractivity (Wildman–Crippen MR) is 39.7 cm³/mol. The quantitative estimate of drug-likeness (QED) is 0.476. The number of carbonyl (C=O) groups is 2. The maximum atomic E-state index is 10.8. The Morgan fingerprint density at radius 1 is 1.50 bits per heavy atom. The van der Waals surface area contributed by atoms with Crippen LogP contribution in [0.25, 0.3) is 0 Å². The van der Waals surface area contributed by atoms with Crippen LogP contribution in [-0.2, 0) is 9.63 Å². The molecule has 6 nitrogen and oxygen atoms in total. The third-order valence-electron chi connectivity index (χ3n) is 1.35. The van der Waals surface area contributed by atoms with E-state index in [1.54, 1.807) is 5.48 Å². The molecule has 0 aliphatic rings. The lowest BCUT2D eigenvalue weighted by atomic mass is 10.1. The molecule has 2 unspecified atom stereocenters. The molecule has 0 fully saturated rings. The first-order chi connectivity index (χ1) is 5.45. The normalized spacial score (nSPS) is 14.6. The first kappa shape index (κ1) is 10.7. The zero-order chi connectivity index (χ0) is 9.72. The number of urea groups is 1. The molecule has 0 saturated heterocycles. The number of aliphatic hydroxyl groups excluding tert-OH is 1. The Balaban J connectivity index is 3.80. The second-order valence-corrected chi connectivity index (χ2v) is 2.42. The summed E-state index contributed by atoms with van der Waals surface area (Å²) in [5.74, 6) is -1.43. The summed E-state index contributed by atoms with van der Waals surface area (Å²) in [6, 6.07) is -0.957. The Hall–Kier alpha value is -1.30. The van der Waals surface area contributed by atoms with Crippen LogP contribution in [0, 0.1) is 5.92 Å². The summed E-state index contributed by atoms with van der Waals surface area (Å²) in [5.41, 5.74) is 6.29. The van der Waals surface area contributed by atoms with E-state index < -0.39 is 24.0 Å². The molecule has 2 amide bonds. The van der Waals surface area contributed by atoms with E-state index in [1.807, 2.05) is 0 Å². The van der Waals surface area contributed by atoms with Gasteiger partial charge in [-0.2, -0.15) is 5.48 Å². The zero-order valence-corrected chi connectivity index (χ0v) is 6.90. The highest BCUT2D eigenvalue weighted by atomic mass is 16.7. The van der Waals surface area contributed by atoms with Crippen LogP contribution in [0.3, 0.4) is 0 Å². The van der Waals surface area contributed by atoms with Crippen LogP contribution in [0.4, 0.5) is 4.79 Å². The molecule has 0 radical (unpaired) electrons. The van der Waals surface area contributed by atoms with E-state index in [4.69, 9.17) is 5.11 Å². The molecule has 70 valence electrons. The van der Waals surface area contributed by atoms with E-state index in [9.17, 15) is 9.59 Å². The number of aliphatic hydroxyl groups is 1. The summed E-state index contributed by atoms with van der Waals surface area (Å²) in [4.78, 5) is 25.1. The number of primary amides is 1. The summed E-state index contributed by atoms with van der Waals surface area (Å²) in [6.45, 7) is 2.91. The minimum Gasteiger partial charge on any atom is -0.393 e. The fraction of sp³-hybridized carbons (Fsp3) is 0.667. The van der Waals surface area contributed by atoms with Gasteiger partial charge in [-0.05, 0) is 13.8 Å². The van der Waals surface area contributed by atoms with Crippen LogP contribution in [0.15, 0.2) is 0 Å². The van der Waals surface area contributed by atoms with Gasteiger partial charge in [-0.25, -0.2) is 9.59 Å². The average Bonchev–Trinajstić information content (AvgIpc) is 1.98. The van der Waals surface area contributed by atoms with Crippen LogP contribution in [0.2, 0.25) is 0 Å². The average molecular weight is 176 g/mol. The highest BCUT2D eigenvalue weighted by Gasteiger charge is 2.20. The summed E-state index contributed by atoms with van der Waals surface area (Å²) in [6.07, 6.45) is -0.827. The second kappa shape index (κ2) is 4.55. The fourth-order valence-electron chi connectivity index (χ4n) is 0.390. The van der Waals surface area contributed by atoms with Crippen molar-refractivity contribution in [1.82, 2.24) is 5.48 Å². The number of amides is 2. The summed E-state index contributed by atoms with van der Waals surface area (Å²) in [5, 5.41) is 8.91. The van der Waals surface area contributed by atoms with Gasteiger partial charge < -0.3 is 15.7 Å². The van der Waals surface area contributed by atoms with Crippen molar-refractivity contribution >= 4 is 12.0 Å². The monoisotopic (exact) mass is 176 g/mol. The first-order valence-electron chi connectivity index (χ1n) is 3.39. The minimum atomic E-state index is -0.957. The lowest BCUT2D eigenvalue weighted by Crippen LogP contribution is -2.36. The van der Waals surface area contributed by atoms with Crippen molar-refractivity contribution in [2.45, 2.75) is 20.0 Å². The molecule has 0 saturated carbocycles. The van der Waals surface area contributed by atoms with Gasteiger partial charge in [0.2, 0.25) is 0 Å². The third kappa shape index (κ3) is 3.77. The van der Waals surface area contributed by atoms with Crippen molar-refractivity contribution in [3.05, 3.63) is 0 Å². The maximum Gasteiger partial charge on any atom is 0.345 e. The number of hydrogen-bond donors (Lipinski definition) is 3. The lowest BCUT2D eigenvalue weighted by Gasteiger charge is -2.12. The van der Waals surface area contributed by atoms with Crippen molar-refractivity contribution in [3.8, 4) is 0 Å². The number of nitrogens with two attached hydrogens (primary N) is 1. The molecule has 6 heteroatoms. The molecule has 12 heavy (non-hydrogen) atoms. The molecule has 0 aromatic heterocycles. The Labute approximate surface area is 69.6 Å². The van der Waals surface area contributed by atoms with E-state index in [1.165, 1.54) is 13.8 Å². The highest BCUT2D eigenvalue weighted by Crippen LogP contribution is 2.02. The smallest absolute Gasteiger partial charge is 0.345 e. The third-order valence-corrected chi connectivity index (χ3v) is 1.35. The first-order valence-corrected chi connectivity index (χ1v) is 3.39. The Kier molecular flexibility index (Phi) is 4.06. The molecule has 0 aromatic carbocycles. The van der Waals surface area contributed by atoms with Crippen molar-refractivity contribution < 1.29 is 19.5 Å². The van der Waals surface area contributed by atoms with Gasteiger partial charge in [0.25, 0.3) is 0 Å². The fourth-order valence-corrected chi connectivity index (χ4v) is 0.390. The van der Waals surface area contributed by atoms with E-state index in [2.05, 4.69) is 10.6 Å². The van der Waals surface area contributed by atoms with Gasteiger partial charge in [-0.15, -0.1) is 0 Å². The molecule has 2 atom stereocenters. The largest absolute Gasteiger partial charge is 0.393 e. The van der Waals surface area contributed by atoms with Gasteiger partial charge in [0, 0.05) is 0 Å². The topological polar surface area (TPSA) is 102 Å². The van der Waals surface area contributed by atoms with Crippen molar-refractivity contribution in [2.24, 2.45) is 11.7 Å². The lowest BCUT2D eigenvalue weighted by molar-refractivity contribution is -0.156. The minimum absolute atomic E-state index is 0.697. The number of rotatable bonds is 2. The molecule has 0 spiro atoms. The molecular weight excluding hydrogens is 164 g/mol. The predicted octanol–water partition coefficient (Wildman–Crippen LogP) is -0.870. The number of carbonyl (C=O) groups excluding carboxylic acids is 2. The maximum absolute atomic E-state index is 10.8. The molecule has 0 aliphatic carbocycles. The molecule has 0 rings (SSSR count). The zero-order valence-electron chi connectivity index (χ0n) is 6.90. The molecular formula is C6H12N2O4. The highest BCUT2D eigenvalue weighted by molar-refractivity contribution is 5.76. The molecule has 0 aromatic rings. The number of hydrogen-bond acceptors (Lipinski definition) is 4. The number of nitrogens with one attached hydrogen (secondary N) is 1. The SMILES string of the molecule is CC(O)C(C)C(=O)ONC(N)=O. The van der Waals surface area contributed by atoms with Crippen LogP contribution < -0.4 is 11.2 Å². The van der Waals surface area contributed by atoms with Crippen LogP contribution >= 0.6 is 0 Å². The molecule has 0 heterocycles. The molecule has 0 aliphatic heterocycles. The van der Waals surface area contributed by atoms with Gasteiger partial charge in [-0.3, -0.25) is 0 Å². The number of hydroxylamine groups is 1. The van der Waals surface area contributed by atoms with Crippen LogP contribution in [0.5, 0.6) is 0 Å². The van der Waals surface area contributed by atoms with E-state index >= 15 is 0 Å². The van der Waals surface area contributed by atoms with Crippen molar-refractivity contribution in [2.75, 3.05) is 0 Å². The van der Waals surface area contributed by atoms with Crippen molar-refractivity contribution in [3.63, 3.8) is 0 Å². The summed E-state index contributed by atoms with van der Waals surface area (Å²) >= 11 is 0. The van der Waals surface area contributed by atoms with Gasteiger partial charge in [-0.1, -0.05) is 0 Å². The van der Waals surface area contributed by atoms with E-state index in [0.717, 1.165) is 0 Å². The van der Waals surface area contributed by atoms with Crippen LogP contribution in [0.1, 0.15) is 13.8 Å². The molecule has 0 bridgehead atoms. The van der Waals surface area contributed by atoms with Crippen LogP contribution in [-0.4, -0.2) is 23.2 Å². The van der Waals surface area contributed by atoms with Gasteiger partial charge in [0.05, 0.1) is 12.0 Å². The Morgan fingerprint density at radius 3 is 2.33 bits per heavy atom. The molecule has 4 N–H and O–H groups in total. The standard InChI is InChI=1S/C6H12N2O4/c1-3(4(2)9)5(10)12-8-6(7)11/h3-4,9H,1-2H3,(H3,7,8,11). The van der Waals surface area contributed by atoms with Crippen molar-refractivity contribution in [1.29, 1.82) is 0 Å². The van der Waals surface area contributed by atoms with E-state index in [-0.39, 0.29) is 0 Å².